The van der Waals surface area contributed by atoms with Crippen molar-refractivity contribution in [2.24, 2.45) is 0 Å². The molecule has 1 N–H and O–H groups in total. The molecule has 1 aromatic heterocycles. The topological polar surface area (TPSA) is 98.3 Å². The highest BCUT2D eigenvalue weighted by atomic mass is 79.9. The lowest BCUT2D eigenvalue weighted by molar-refractivity contribution is -0.384. The van der Waals surface area contributed by atoms with Crippen LogP contribution in [0.15, 0.2) is 69.9 Å². The number of benzene rings is 3. The van der Waals surface area contributed by atoms with Crippen LogP contribution in [0, 0.1) is 10.1 Å². The summed E-state index contributed by atoms with van der Waals surface area (Å²) >= 11 is 9.66. The number of phenols is 1. The van der Waals surface area contributed by atoms with Gasteiger partial charge in [0, 0.05) is 22.2 Å². The van der Waals surface area contributed by atoms with Crippen LogP contribution in [-0.4, -0.2) is 19.6 Å². The summed E-state index contributed by atoms with van der Waals surface area (Å²) in [6, 6.07) is 15.7. The zero-order valence-electron chi connectivity index (χ0n) is 15.7. The molecule has 3 aromatic carbocycles. The summed E-state index contributed by atoms with van der Waals surface area (Å²) in [6.07, 6.45) is 3.19. The second-order valence-corrected chi connectivity index (χ2v) is 7.88. The average Bonchev–Trinajstić information content (AvgIpc) is 2.75. The van der Waals surface area contributed by atoms with Gasteiger partial charge in [0.1, 0.15) is 11.6 Å². The minimum absolute atomic E-state index is 0.0355. The van der Waals surface area contributed by atoms with E-state index in [0.717, 1.165) is 4.47 Å². The van der Waals surface area contributed by atoms with E-state index in [2.05, 4.69) is 20.9 Å². The largest absolute Gasteiger partial charge is 0.507 e. The number of nitro groups is 1. The molecule has 31 heavy (non-hydrogen) atoms. The number of non-ortho nitro benzene ring substituents is 1. The number of aromatic nitrogens is 2. The van der Waals surface area contributed by atoms with Crippen molar-refractivity contribution in [1.82, 2.24) is 9.55 Å². The van der Waals surface area contributed by atoms with Gasteiger partial charge in [0.25, 0.3) is 11.2 Å². The third-order valence-corrected chi connectivity index (χ3v) is 5.38. The SMILES string of the molecule is O=c1c2ccccc2nc(/C=C/c2cc(Br)ccc2O)n1-c1ccc([N+](=O)[O-])cc1Cl. The van der Waals surface area contributed by atoms with Gasteiger partial charge < -0.3 is 5.11 Å². The first kappa shape index (κ1) is 20.8. The van der Waals surface area contributed by atoms with Crippen LogP contribution in [0.25, 0.3) is 28.7 Å². The number of rotatable bonds is 4. The second-order valence-electron chi connectivity index (χ2n) is 6.56. The van der Waals surface area contributed by atoms with Crippen molar-refractivity contribution < 1.29 is 10.0 Å². The van der Waals surface area contributed by atoms with E-state index in [9.17, 15) is 20.0 Å². The van der Waals surface area contributed by atoms with E-state index in [1.165, 1.54) is 28.8 Å². The summed E-state index contributed by atoms with van der Waals surface area (Å²) in [5, 5.41) is 21.6. The minimum atomic E-state index is -0.562. The molecule has 0 fully saturated rings. The van der Waals surface area contributed by atoms with Crippen LogP contribution < -0.4 is 5.56 Å². The third-order valence-electron chi connectivity index (χ3n) is 4.59. The summed E-state index contributed by atoms with van der Waals surface area (Å²) in [4.78, 5) is 28.4. The van der Waals surface area contributed by atoms with Crippen molar-refractivity contribution in [3.05, 3.63) is 102 Å². The molecule has 0 radical (unpaired) electrons. The van der Waals surface area contributed by atoms with Gasteiger partial charge in [-0.3, -0.25) is 19.5 Å². The first-order valence-electron chi connectivity index (χ1n) is 8.98. The fraction of sp³-hybridized carbons (Fsp3) is 0. The molecular weight excluding hydrogens is 486 g/mol. The average molecular weight is 499 g/mol. The first-order valence-corrected chi connectivity index (χ1v) is 10.1. The van der Waals surface area contributed by atoms with E-state index in [0.29, 0.717) is 16.5 Å². The number of para-hydroxylation sites is 1. The molecule has 4 aromatic rings. The van der Waals surface area contributed by atoms with Gasteiger partial charge in [0.15, 0.2) is 0 Å². The smallest absolute Gasteiger partial charge is 0.271 e. The van der Waals surface area contributed by atoms with E-state index in [1.54, 1.807) is 48.6 Å². The van der Waals surface area contributed by atoms with Crippen LogP contribution in [0.5, 0.6) is 5.75 Å². The highest BCUT2D eigenvalue weighted by Gasteiger charge is 2.16. The molecule has 0 unspecified atom stereocenters. The highest BCUT2D eigenvalue weighted by Crippen LogP contribution is 2.28. The van der Waals surface area contributed by atoms with Gasteiger partial charge in [0.2, 0.25) is 0 Å². The lowest BCUT2D eigenvalue weighted by Gasteiger charge is -2.13. The lowest BCUT2D eigenvalue weighted by atomic mass is 10.1. The summed E-state index contributed by atoms with van der Waals surface area (Å²) < 4.78 is 2.06. The number of aromatic hydroxyl groups is 1. The van der Waals surface area contributed by atoms with Crippen molar-refractivity contribution in [2.45, 2.75) is 0 Å². The number of phenolic OH excluding ortho intramolecular Hbond substituents is 1. The second kappa shape index (κ2) is 8.33. The molecule has 0 saturated heterocycles. The zero-order chi connectivity index (χ0) is 22.1. The maximum absolute atomic E-state index is 13.3. The first-order chi connectivity index (χ1) is 14.8. The Hall–Kier alpha value is -3.49. The molecular formula is C22H13BrClN3O4. The lowest BCUT2D eigenvalue weighted by Crippen LogP contribution is -2.22. The van der Waals surface area contributed by atoms with Crippen molar-refractivity contribution in [1.29, 1.82) is 0 Å². The Morgan fingerprint density at radius 2 is 1.87 bits per heavy atom. The molecule has 0 spiro atoms. The van der Waals surface area contributed by atoms with Gasteiger partial charge in [-0.05, 0) is 48.6 Å². The summed E-state index contributed by atoms with van der Waals surface area (Å²) in [7, 11) is 0. The Labute approximate surface area is 189 Å². The maximum atomic E-state index is 13.3. The van der Waals surface area contributed by atoms with Gasteiger partial charge in [0.05, 0.1) is 26.5 Å². The quantitative estimate of drug-likeness (QED) is 0.292. The molecule has 0 atom stereocenters. The third kappa shape index (κ3) is 4.08. The molecule has 154 valence electrons. The van der Waals surface area contributed by atoms with Crippen LogP contribution in [0.3, 0.4) is 0 Å². The van der Waals surface area contributed by atoms with Gasteiger partial charge in [-0.2, -0.15) is 0 Å². The number of hydrogen-bond acceptors (Lipinski definition) is 5. The Balaban J connectivity index is 1.97. The van der Waals surface area contributed by atoms with Crippen molar-refractivity contribution >= 4 is 56.3 Å². The Kier molecular flexibility index (Phi) is 5.58. The fourth-order valence-electron chi connectivity index (χ4n) is 3.11. The molecule has 7 nitrogen and oxygen atoms in total. The normalized spacial score (nSPS) is 11.3. The summed E-state index contributed by atoms with van der Waals surface area (Å²) in [5.41, 5.74) is 0.692. The number of fused-ring (bicyclic) bond motifs is 1. The predicted octanol–water partition coefficient (Wildman–Crippen LogP) is 5.59. The van der Waals surface area contributed by atoms with Gasteiger partial charge in [-0.15, -0.1) is 0 Å². The Bertz CT molecular complexity index is 1430. The van der Waals surface area contributed by atoms with Crippen LogP contribution in [0.2, 0.25) is 5.02 Å². The fourth-order valence-corrected chi connectivity index (χ4v) is 3.75. The van der Waals surface area contributed by atoms with Gasteiger partial charge in [-0.25, -0.2) is 4.98 Å². The summed E-state index contributed by atoms with van der Waals surface area (Å²) in [6.45, 7) is 0. The number of nitro benzene ring substituents is 1. The Morgan fingerprint density at radius 1 is 1.10 bits per heavy atom. The van der Waals surface area contributed by atoms with Gasteiger partial charge in [-0.1, -0.05) is 39.7 Å². The number of hydrogen-bond donors (Lipinski definition) is 1. The Morgan fingerprint density at radius 3 is 2.61 bits per heavy atom. The van der Waals surface area contributed by atoms with E-state index in [4.69, 9.17) is 11.6 Å². The van der Waals surface area contributed by atoms with E-state index in [1.807, 2.05) is 0 Å². The van der Waals surface area contributed by atoms with E-state index >= 15 is 0 Å². The number of nitrogens with zero attached hydrogens (tertiary/aromatic N) is 3. The van der Waals surface area contributed by atoms with Gasteiger partial charge >= 0.3 is 0 Å². The highest BCUT2D eigenvalue weighted by molar-refractivity contribution is 9.10. The number of halogens is 2. The molecule has 0 saturated carbocycles. The minimum Gasteiger partial charge on any atom is -0.507 e. The van der Waals surface area contributed by atoms with Crippen molar-refractivity contribution in [3.63, 3.8) is 0 Å². The van der Waals surface area contributed by atoms with Crippen LogP contribution >= 0.6 is 27.5 Å². The molecule has 0 aliphatic rings. The van der Waals surface area contributed by atoms with E-state index in [-0.39, 0.29) is 33.5 Å². The summed E-state index contributed by atoms with van der Waals surface area (Å²) in [5.74, 6) is 0.307. The molecule has 4 rings (SSSR count). The van der Waals surface area contributed by atoms with Crippen molar-refractivity contribution in [2.75, 3.05) is 0 Å². The zero-order valence-corrected chi connectivity index (χ0v) is 18.0. The molecule has 0 aliphatic carbocycles. The molecule has 0 amide bonds. The molecule has 9 heteroatoms. The molecule has 1 heterocycles. The molecule has 0 aliphatic heterocycles. The molecule has 0 bridgehead atoms. The monoisotopic (exact) mass is 497 g/mol. The maximum Gasteiger partial charge on any atom is 0.271 e. The standard InChI is InChI=1S/C22H13BrClN3O4/c23-14-6-9-20(28)13(11-14)5-10-21-25-18-4-2-1-3-16(18)22(29)26(21)19-8-7-15(27(30)31)12-17(19)24/h1-12,28H/b10-5+. The van der Waals surface area contributed by atoms with Crippen LogP contribution in [0.1, 0.15) is 11.4 Å². The van der Waals surface area contributed by atoms with Crippen LogP contribution in [-0.2, 0) is 0 Å². The van der Waals surface area contributed by atoms with Crippen LogP contribution in [0.4, 0.5) is 5.69 Å². The van der Waals surface area contributed by atoms with E-state index < -0.39 is 4.92 Å². The predicted molar refractivity (Wildman–Crippen MR) is 124 cm³/mol. The van der Waals surface area contributed by atoms with Crippen molar-refractivity contribution in [3.8, 4) is 11.4 Å².